The second-order valence-electron chi connectivity index (χ2n) is 6.86. The molecule has 2 heteroatoms. The summed E-state index contributed by atoms with van der Waals surface area (Å²) >= 11 is 0. The highest BCUT2D eigenvalue weighted by molar-refractivity contribution is 6.04. The predicted molar refractivity (Wildman–Crippen MR) is 92.6 cm³/mol. The summed E-state index contributed by atoms with van der Waals surface area (Å²) < 4.78 is 0. The van der Waals surface area contributed by atoms with Crippen molar-refractivity contribution in [1.82, 2.24) is 4.98 Å². The van der Waals surface area contributed by atoms with Gasteiger partial charge in [0.15, 0.2) is 6.29 Å². The molecule has 0 unspecified atom stereocenters. The van der Waals surface area contributed by atoms with Crippen LogP contribution in [0.2, 0.25) is 0 Å². The third-order valence-corrected chi connectivity index (χ3v) is 4.24. The predicted octanol–water partition coefficient (Wildman–Crippen LogP) is 5.25. The van der Waals surface area contributed by atoms with Crippen LogP contribution in [0.15, 0.2) is 42.5 Å². The van der Waals surface area contributed by atoms with Crippen LogP contribution in [0, 0.1) is 6.92 Å². The van der Waals surface area contributed by atoms with Gasteiger partial charge in [0, 0.05) is 22.0 Å². The van der Waals surface area contributed by atoms with Gasteiger partial charge in [-0.2, -0.15) is 0 Å². The first kappa shape index (κ1) is 14.6. The van der Waals surface area contributed by atoms with E-state index in [1.165, 1.54) is 5.56 Å². The lowest BCUT2D eigenvalue weighted by molar-refractivity contribution is 0.112. The van der Waals surface area contributed by atoms with Gasteiger partial charge in [0.05, 0.1) is 5.69 Å². The Labute approximate surface area is 131 Å². The van der Waals surface area contributed by atoms with Crippen LogP contribution >= 0.6 is 0 Å². The number of H-pyrrole nitrogens is 1. The molecule has 0 aliphatic heterocycles. The first-order valence-corrected chi connectivity index (χ1v) is 7.59. The Hall–Kier alpha value is -2.35. The van der Waals surface area contributed by atoms with Gasteiger partial charge in [-0.25, -0.2) is 0 Å². The van der Waals surface area contributed by atoms with Crippen LogP contribution in [-0.2, 0) is 5.41 Å². The monoisotopic (exact) mass is 291 g/mol. The zero-order valence-electron chi connectivity index (χ0n) is 13.5. The van der Waals surface area contributed by atoms with Crippen LogP contribution in [0.4, 0.5) is 0 Å². The van der Waals surface area contributed by atoms with Gasteiger partial charge in [-0.3, -0.25) is 4.79 Å². The van der Waals surface area contributed by atoms with Gasteiger partial charge in [-0.1, -0.05) is 51.1 Å². The Kier molecular flexibility index (Phi) is 3.40. The van der Waals surface area contributed by atoms with E-state index in [1.54, 1.807) is 0 Å². The van der Waals surface area contributed by atoms with Crippen molar-refractivity contribution < 1.29 is 4.79 Å². The van der Waals surface area contributed by atoms with E-state index >= 15 is 0 Å². The van der Waals surface area contributed by atoms with Gasteiger partial charge < -0.3 is 4.98 Å². The molecular weight excluding hydrogens is 270 g/mol. The van der Waals surface area contributed by atoms with Gasteiger partial charge >= 0.3 is 0 Å². The average Bonchev–Trinajstić information content (AvgIpc) is 2.84. The van der Waals surface area contributed by atoms with Crippen molar-refractivity contribution in [2.24, 2.45) is 0 Å². The van der Waals surface area contributed by atoms with Crippen molar-refractivity contribution in [2.75, 3.05) is 0 Å². The number of hydrogen-bond donors (Lipinski definition) is 1. The molecule has 2 aromatic carbocycles. The fraction of sp³-hybridized carbons (Fsp3) is 0.250. The van der Waals surface area contributed by atoms with Crippen molar-refractivity contribution >= 4 is 17.2 Å². The lowest BCUT2D eigenvalue weighted by Crippen LogP contribution is -2.10. The summed E-state index contributed by atoms with van der Waals surface area (Å²) in [7, 11) is 0. The van der Waals surface area contributed by atoms with E-state index in [4.69, 9.17) is 0 Å². The minimum Gasteiger partial charge on any atom is -0.354 e. The highest BCUT2D eigenvalue weighted by atomic mass is 16.1. The third kappa shape index (κ3) is 2.35. The Morgan fingerprint density at radius 1 is 1.05 bits per heavy atom. The Morgan fingerprint density at radius 2 is 1.77 bits per heavy atom. The second kappa shape index (κ2) is 5.13. The molecule has 1 heterocycles. The standard InChI is InChI=1S/C20H21NO/c1-13-7-5-6-8-15(13)19-17(12-22)16-11-14(20(2,3)4)9-10-18(16)21-19/h5-12,21H,1-4H3. The van der Waals surface area contributed by atoms with E-state index in [1.807, 2.05) is 12.1 Å². The van der Waals surface area contributed by atoms with Gasteiger partial charge in [0.25, 0.3) is 0 Å². The van der Waals surface area contributed by atoms with Gasteiger partial charge in [0.2, 0.25) is 0 Å². The number of aromatic nitrogens is 1. The summed E-state index contributed by atoms with van der Waals surface area (Å²) in [6, 6.07) is 14.5. The molecule has 0 spiro atoms. The Bertz CT molecular complexity index is 850. The smallest absolute Gasteiger partial charge is 0.152 e. The molecule has 0 saturated heterocycles. The summed E-state index contributed by atoms with van der Waals surface area (Å²) in [6.45, 7) is 8.62. The lowest BCUT2D eigenvalue weighted by Gasteiger charge is -2.18. The zero-order valence-corrected chi connectivity index (χ0v) is 13.5. The molecule has 1 aromatic heterocycles. The fourth-order valence-electron chi connectivity index (χ4n) is 2.87. The van der Waals surface area contributed by atoms with Crippen LogP contribution in [-0.4, -0.2) is 11.3 Å². The molecule has 0 radical (unpaired) electrons. The molecule has 22 heavy (non-hydrogen) atoms. The quantitative estimate of drug-likeness (QED) is 0.642. The lowest BCUT2D eigenvalue weighted by atomic mass is 9.86. The van der Waals surface area contributed by atoms with Crippen molar-refractivity contribution in [3.8, 4) is 11.3 Å². The Morgan fingerprint density at radius 3 is 2.41 bits per heavy atom. The molecule has 0 saturated carbocycles. The molecule has 0 atom stereocenters. The molecule has 0 bridgehead atoms. The van der Waals surface area contributed by atoms with Crippen LogP contribution in [0.1, 0.15) is 42.3 Å². The molecular formula is C20H21NO. The first-order valence-electron chi connectivity index (χ1n) is 7.59. The first-order chi connectivity index (χ1) is 10.4. The average molecular weight is 291 g/mol. The van der Waals surface area contributed by atoms with Crippen molar-refractivity contribution in [3.05, 3.63) is 59.2 Å². The number of hydrogen-bond acceptors (Lipinski definition) is 1. The molecule has 112 valence electrons. The van der Waals surface area contributed by atoms with E-state index in [0.29, 0.717) is 0 Å². The van der Waals surface area contributed by atoms with E-state index in [2.05, 4.69) is 63.0 Å². The van der Waals surface area contributed by atoms with E-state index in [-0.39, 0.29) is 5.41 Å². The van der Waals surface area contributed by atoms with Crippen LogP contribution in [0.3, 0.4) is 0 Å². The SMILES string of the molecule is Cc1ccccc1-c1[nH]c2ccc(C(C)(C)C)cc2c1C=O. The summed E-state index contributed by atoms with van der Waals surface area (Å²) in [5.74, 6) is 0. The molecule has 1 N–H and O–H groups in total. The summed E-state index contributed by atoms with van der Waals surface area (Å²) in [6.07, 6.45) is 0.965. The zero-order chi connectivity index (χ0) is 15.9. The van der Waals surface area contributed by atoms with Gasteiger partial charge in [0.1, 0.15) is 0 Å². The van der Waals surface area contributed by atoms with Crippen molar-refractivity contribution in [1.29, 1.82) is 0 Å². The number of carbonyl (C=O) groups excluding carboxylic acids is 1. The summed E-state index contributed by atoms with van der Waals surface area (Å²) in [4.78, 5) is 15.1. The van der Waals surface area contributed by atoms with Crippen LogP contribution in [0.25, 0.3) is 22.2 Å². The fourth-order valence-corrected chi connectivity index (χ4v) is 2.87. The maximum atomic E-state index is 11.7. The normalized spacial score (nSPS) is 11.8. The molecule has 0 aliphatic rings. The Balaban J connectivity index is 2.30. The number of rotatable bonds is 2. The molecule has 2 nitrogen and oxygen atoms in total. The third-order valence-electron chi connectivity index (χ3n) is 4.24. The van der Waals surface area contributed by atoms with Crippen molar-refractivity contribution in [3.63, 3.8) is 0 Å². The molecule has 3 aromatic rings. The molecule has 0 amide bonds. The van der Waals surface area contributed by atoms with Crippen LogP contribution < -0.4 is 0 Å². The maximum Gasteiger partial charge on any atom is 0.152 e. The summed E-state index contributed by atoms with van der Waals surface area (Å²) in [5.41, 5.74) is 6.21. The second-order valence-corrected chi connectivity index (χ2v) is 6.86. The highest BCUT2D eigenvalue weighted by Gasteiger charge is 2.18. The number of fused-ring (bicyclic) bond motifs is 1. The summed E-state index contributed by atoms with van der Waals surface area (Å²) in [5, 5.41) is 1.00. The molecule has 0 aliphatic carbocycles. The van der Waals surface area contributed by atoms with Gasteiger partial charge in [-0.05, 0) is 35.6 Å². The maximum absolute atomic E-state index is 11.7. The number of benzene rings is 2. The van der Waals surface area contributed by atoms with Gasteiger partial charge in [-0.15, -0.1) is 0 Å². The van der Waals surface area contributed by atoms with Crippen molar-refractivity contribution in [2.45, 2.75) is 33.1 Å². The number of aldehydes is 1. The number of nitrogens with one attached hydrogen (secondary N) is 1. The number of aromatic amines is 1. The molecule has 3 rings (SSSR count). The topological polar surface area (TPSA) is 32.9 Å². The number of aryl methyl sites for hydroxylation is 1. The van der Waals surface area contributed by atoms with E-state index in [0.717, 1.165) is 39.6 Å². The van der Waals surface area contributed by atoms with E-state index < -0.39 is 0 Å². The largest absolute Gasteiger partial charge is 0.354 e. The minimum absolute atomic E-state index is 0.0639. The van der Waals surface area contributed by atoms with E-state index in [9.17, 15) is 4.79 Å². The highest BCUT2D eigenvalue weighted by Crippen LogP contribution is 2.33. The minimum atomic E-state index is 0.0639. The number of carbonyl (C=O) groups is 1. The van der Waals surface area contributed by atoms with Crippen LogP contribution in [0.5, 0.6) is 0 Å². The molecule has 0 fully saturated rings.